The summed E-state index contributed by atoms with van der Waals surface area (Å²) >= 11 is 5.88. The Labute approximate surface area is 103 Å². The molecule has 1 fully saturated rings. The Bertz CT molecular complexity index is 354. The van der Waals surface area contributed by atoms with Crippen molar-refractivity contribution >= 4 is 11.6 Å². The molecule has 0 bridgehead atoms. The predicted molar refractivity (Wildman–Crippen MR) is 67.5 cm³/mol. The lowest BCUT2D eigenvalue weighted by Gasteiger charge is -2.35. The first-order chi connectivity index (χ1) is 7.65. The van der Waals surface area contributed by atoms with Gasteiger partial charge in [-0.25, -0.2) is 4.98 Å². The highest BCUT2D eigenvalue weighted by atomic mass is 35.5. The number of aromatic nitrogens is 1. The topological polar surface area (TPSA) is 16.1 Å². The van der Waals surface area contributed by atoms with Crippen LogP contribution in [-0.2, 0) is 6.54 Å². The number of pyridine rings is 1. The first-order valence-corrected chi connectivity index (χ1v) is 6.36. The Morgan fingerprint density at radius 2 is 2.19 bits per heavy atom. The Balaban J connectivity index is 1.95. The maximum absolute atomic E-state index is 5.88. The molecule has 3 heteroatoms. The Hall–Kier alpha value is -0.600. The number of halogens is 1. The number of likely N-dealkylation sites (tertiary alicyclic amines) is 1. The molecule has 0 aliphatic carbocycles. The van der Waals surface area contributed by atoms with E-state index in [-0.39, 0.29) is 0 Å². The third kappa shape index (κ3) is 2.96. The molecule has 1 aliphatic rings. The molecule has 1 saturated heterocycles. The van der Waals surface area contributed by atoms with Gasteiger partial charge in [0, 0.05) is 13.1 Å². The molecular weight excluding hydrogens is 220 g/mol. The maximum Gasteiger partial charge on any atom is 0.129 e. The predicted octanol–water partition coefficient (Wildman–Crippen LogP) is 3.21. The summed E-state index contributed by atoms with van der Waals surface area (Å²) in [6.45, 7) is 7.97. The zero-order valence-electron chi connectivity index (χ0n) is 9.99. The highest BCUT2D eigenvalue weighted by molar-refractivity contribution is 6.29. The molecule has 2 atom stereocenters. The molecule has 0 aromatic carbocycles. The number of rotatable bonds is 2. The highest BCUT2D eigenvalue weighted by Gasteiger charge is 2.22. The molecule has 2 unspecified atom stereocenters. The minimum absolute atomic E-state index is 0.593. The van der Waals surface area contributed by atoms with Crippen LogP contribution in [0.3, 0.4) is 0 Å². The second kappa shape index (κ2) is 5.15. The van der Waals surface area contributed by atoms with Crippen molar-refractivity contribution in [1.29, 1.82) is 0 Å². The molecule has 88 valence electrons. The van der Waals surface area contributed by atoms with E-state index in [2.05, 4.69) is 29.8 Å². The van der Waals surface area contributed by atoms with Gasteiger partial charge in [0.05, 0.1) is 5.69 Å². The van der Waals surface area contributed by atoms with Crippen LogP contribution < -0.4 is 0 Å². The van der Waals surface area contributed by atoms with Gasteiger partial charge in [0.25, 0.3) is 0 Å². The van der Waals surface area contributed by atoms with Gasteiger partial charge in [0.2, 0.25) is 0 Å². The molecule has 2 rings (SSSR count). The van der Waals surface area contributed by atoms with Crippen molar-refractivity contribution in [3.05, 3.63) is 29.0 Å². The molecule has 0 amide bonds. The third-order valence-corrected chi connectivity index (χ3v) is 3.79. The number of nitrogens with zero attached hydrogens (tertiary/aromatic N) is 2. The van der Waals surface area contributed by atoms with Gasteiger partial charge < -0.3 is 0 Å². The van der Waals surface area contributed by atoms with Crippen LogP contribution in [0.5, 0.6) is 0 Å². The summed E-state index contributed by atoms with van der Waals surface area (Å²) < 4.78 is 0. The van der Waals surface area contributed by atoms with E-state index in [1.165, 1.54) is 19.5 Å². The minimum Gasteiger partial charge on any atom is -0.297 e. The monoisotopic (exact) mass is 238 g/mol. The Kier molecular flexibility index (Phi) is 3.82. The molecular formula is C13H19ClN2. The molecule has 0 saturated carbocycles. The van der Waals surface area contributed by atoms with Crippen LogP contribution in [0.15, 0.2) is 18.2 Å². The second-order valence-electron chi connectivity index (χ2n) is 4.93. The van der Waals surface area contributed by atoms with E-state index >= 15 is 0 Å². The lowest BCUT2D eigenvalue weighted by atomic mass is 9.89. The molecule has 16 heavy (non-hydrogen) atoms. The lowest BCUT2D eigenvalue weighted by Crippen LogP contribution is -2.38. The first-order valence-electron chi connectivity index (χ1n) is 5.99. The van der Waals surface area contributed by atoms with Gasteiger partial charge in [-0.05, 0) is 36.9 Å². The van der Waals surface area contributed by atoms with Gasteiger partial charge in [-0.15, -0.1) is 0 Å². The third-order valence-electron chi connectivity index (χ3n) is 3.58. The maximum atomic E-state index is 5.88. The summed E-state index contributed by atoms with van der Waals surface area (Å²) in [4.78, 5) is 6.81. The SMILES string of the molecule is CC1CCN(Cc2cccc(Cl)n2)CC1C. The van der Waals surface area contributed by atoms with Crippen molar-refractivity contribution in [2.45, 2.75) is 26.8 Å². The number of piperidine rings is 1. The quantitative estimate of drug-likeness (QED) is 0.736. The Morgan fingerprint density at radius 1 is 1.38 bits per heavy atom. The van der Waals surface area contributed by atoms with Crippen LogP contribution in [0.25, 0.3) is 0 Å². The average molecular weight is 239 g/mol. The largest absolute Gasteiger partial charge is 0.297 e. The molecule has 2 heterocycles. The summed E-state index contributed by atoms with van der Waals surface area (Å²) in [5.41, 5.74) is 1.08. The van der Waals surface area contributed by atoms with Crippen molar-refractivity contribution in [2.24, 2.45) is 11.8 Å². The van der Waals surface area contributed by atoms with Gasteiger partial charge in [-0.3, -0.25) is 4.90 Å². The van der Waals surface area contributed by atoms with Gasteiger partial charge in [-0.1, -0.05) is 31.5 Å². The van der Waals surface area contributed by atoms with Crippen molar-refractivity contribution < 1.29 is 0 Å². The summed E-state index contributed by atoms with van der Waals surface area (Å²) in [6, 6.07) is 5.85. The lowest BCUT2D eigenvalue weighted by molar-refractivity contribution is 0.131. The van der Waals surface area contributed by atoms with Crippen molar-refractivity contribution in [2.75, 3.05) is 13.1 Å². The van der Waals surface area contributed by atoms with E-state index in [0.29, 0.717) is 5.15 Å². The standard InChI is InChI=1S/C13H19ClN2/c1-10-6-7-16(8-11(10)2)9-12-4-3-5-13(14)15-12/h3-5,10-11H,6-9H2,1-2H3. The van der Waals surface area contributed by atoms with Crippen LogP contribution in [0.4, 0.5) is 0 Å². The van der Waals surface area contributed by atoms with Crippen LogP contribution in [0.2, 0.25) is 5.15 Å². The molecule has 1 aromatic rings. The molecule has 0 radical (unpaired) electrons. The summed E-state index contributed by atoms with van der Waals surface area (Å²) in [6.07, 6.45) is 1.29. The van der Waals surface area contributed by atoms with Gasteiger partial charge >= 0.3 is 0 Å². The fourth-order valence-corrected chi connectivity index (χ4v) is 2.44. The van der Waals surface area contributed by atoms with Crippen LogP contribution >= 0.6 is 11.6 Å². The molecule has 1 aromatic heterocycles. The molecule has 1 aliphatic heterocycles. The van der Waals surface area contributed by atoms with Crippen LogP contribution in [-0.4, -0.2) is 23.0 Å². The van der Waals surface area contributed by atoms with Crippen molar-refractivity contribution in [3.8, 4) is 0 Å². The summed E-state index contributed by atoms with van der Waals surface area (Å²) in [5, 5.41) is 0.593. The molecule has 0 spiro atoms. The minimum atomic E-state index is 0.593. The first kappa shape index (κ1) is 11.9. The summed E-state index contributed by atoms with van der Waals surface area (Å²) in [7, 11) is 0. The highest BCUT2D eigenvalue weighted by Crippen LogP contribution is 2.23. The number of hydrogen-bond acceptors (Lipinski definition) is 2. The van der Waals surface area contributed by atoms with Crippen molar-refractivity contribution in [3.63, 3.8) is 0 Å². The van der Waals surface area contributed by atoms with Gasteiger partial charge in [0.1, 0.15) is 5.15 Å². The smallest absolute Gasteiger partial charge is 0.129 e. The zero-order chi connectivity index (χ0) is 11.5. The van der Waals surface area contributed by atoms with E-state index in [0.717, 1.165) is 24.1 Å². The Morgan fingerprint density at radius 3 is 2.88 bits per heavy atom. The summed E-state index contributed by atoms with van der Waals surface area (Å²) in [5.74, 6) is 1.64. The van der Waals surface area contributed by atoms with E-state index in [9.17, 15) is 0 Å². The van der Waals surface area contributed by atoms with E-state index in [1.54, 1.807) is 0 Å². The van der Waals surface area contributed by atoms with Crippen LogP contribution in [0.1, 0.15) is 26.0 Å². The van der Waals surface area contributed by atoms with E-state index in [4.69, 9.17) is 11.6 Å². The zero-order valence-corrected chi connectivity index (χ0v) is 10.7. The van der Waals surface area contributed by atoms with E-state index in [1.807, 2.05) is 12.1 Å². The molecule has 0 N–H and O–H groups in total. The fraction of sp³-hybridized carbons (Fsp3) is 0.615. The normalized spacial score (nSPS) is 26.9. The van der Waals surface area contributed by atoms with Crippen LogP contribution in [0, 0.1) is 11.8 Å². The number of hydrogen-bond donors (Lipinski definition) is 0. The average Bonchev–Trinajstić information content (AvgIpc) is 2.24. The fourth-order valence-electron chi connectivity index (χ4n) is 2.26. The van der Waals surface area contributed by atoms with Gasteiger partial charge in [0.15, 0.2) is 0 Å². The van der Waals surface area contributed by atoms with Gasteiger partial charge in [-0.2, -0.15) is 0 Å². The van der Waals surface area contributed by atoms with Crippen molar-refractivity contribution in [1.82, 2.24) is 9.88 Å². The second-order valence-corrected chi connectivity index (χ2v) is 5.32. The van der Waals surface area contributed by atoms with E-state index < -0.39 is 0 Å². The molecule has 2 nitrogen and oxygen atoms in total.